The Hall–Kier alpha value is -1.50. The molecule has 0 bridgehead atoms. The molecule has 0 saturated carbocycles. The smallest absolute Gasteiger partial charge is 0.190 e. The Labute approximate surface area is 161 Å². The summed E-state index contributed by atoms with van der Waals surface area (Å²) in [5.41, 5.74) is 1.08. The van der Waals surface area contributed by atoms with E-state index in [1.807, 2.05) is 18.2 Å². The van der Waals surface area contributed by atoms with E-state index in [0.29, 0.717) is 5.92 Å². The number of hydrogen-bond acceptors (Lipinski definition) is 4. The van der Waals surface area contributed by atoms with Crippen molar-refractivity contribution in [3.8, 4) is 5.75 Å². The van der Waals surface area contributed by atoms with Gasteiger partial charge in [0.2, 0.25) is 0 Å². The van der Waals surface area contributed by atoms with Gasteiger partial charge in [-0.05, 0) is 37.0 Å². The van der Waals surface area contributed by atoms with Crippen molar-refractivity contribution < 1.29 is 14.2 Å². The average Bonchev–Trinajstić information content (AvgIpc) is 3.17. The van der Waals surface area contributed by atoms with Gasteiger partial charge < -0.3 is 24.8 Å². The minimum Gasteiger partial charge on any atom is -0.497 e. The van der Waals surface area contributed by atoms with E-state index in [0.717, 1.165) is 81.1 Å². The molecule has 2 N–H and O–H groups in total. The zero-order valence-corrected chi connectivity index (χ0v) is 16.5. The zero-order valence-electron chi connectivity index (χ0n) is 15.7. The Balaban J connectivity index is 1.56. The molecule has 26 heavy (non-hydrogen) atoms. The summed E-state index contributed by atoms with van der Waals surface area (Å²) in [6.07, 6.45) is 2.88. The maximum atomic E-state index is 6.26. The lowest BCUT2D eigenvalue weighted by Crippen LogP contribution is -2.39. The van der Waals surface area contributed by atoms with Crippen molar-refractivity contribution in [2.45, 2.75) is 19.3 Å². The summed E-state index contributed by atoms with van der Waals surface area (Å²) >= 11 is 6.26. The number of halogens is 1. The maximum absolute atomic E-state index is 6.26. The SMILES string of the molecule is CN=C(NCCCOCC1CCOC1)NCCc1ccc(OC)cc1Cl. The molecule has 7 heteroatoms. The van der Waals surface area contributed by atoms with Crippen LogP contribution in [-0.4, -0.2) is 59.6 Å². The Kier molecular flexibility index (Phi) is 9.60. The second-order valence-corrected chi connectivity index (χ2v) is 6.70. The number of hydrogen-bond donors (Lipinski definition) is 2. The van der Waals surface area contributed by atoms with Gasteiger partial charge in [-0.2, -0.15) is 0 Å². The molecular weight excluding hydrogens is 354 g/mol. The van der Waals surface area contributed by atoms with Crippen LogP contribution in [0.4, 0.5) is 0 Å². The van der Waals surface area contributed by atoms with Crippen LogP contribution in [-0.2, 0) is 15.9 Å². The van der Waals surface area contributed by atoms with Crippen molar-refractivity contribution >= 4 is 17.6 Å². The van der Waals surface area contributed by atoms with Crippen LogP contribution in [0.1, 0.15) is 18.4 Å². The Bertz CT molecular complexity index is 563. The summed E-state index contributed by atoms with van der Waals surface area (Å²) in [7, 11) is 3.41. The molecule has 0 radical (unpaired) electrons. The summed E-state index contributed by atoms with van der Waals surface area (Å²) in [4.78, 5) is 4.23. The lowest BCUT2D eigenvalue weighted by atomic mass is 10.1. The lowest BCUT2D eigenvalue weighted by molar-refractivity contribution is 0.0888. The van der Waals surface area contributed by atoms with Gasteiger partial charge in [-0.25, -0.2) is 0 Å². The summed E-state index contributed by atoms with van der Waals surface area (Å²) < 4.78 is 16.2. The molecule has 2 rings (SSSR count). The van der Waals surface area contributed by atoms with Gasteiger partial charge in [-0.3, -0.25) is 4.99 Å². The molecular formula is C19H30ClN3O3. The molecule has 6 nitrogen and oxygen atoms in total. The highest BCUT2D eigenvalue weighted by Gasteiger charge is 2.15. The predicted octanol–water partition coefficient (Wildman–Crippen LogP) is 2.50. The third kappa shape index (κ3) is 7.40. The van der Waals surface area contributed by atoms with E-state index >= 15 is 0 Å². The van der Waals surface area contributed by atoms with Gasteiger partial charge >= 0.3 is 0 Å². The van der Waals surface area contributed by atoms with Gasteiger partial charge in [0.05, 0.1) is 20.3 Å². The molecule has 1 unspecified atom stereocenters. The van der Waals surface area contributed by atoms with E-state index in [-0.39, 0.29) is 0 Å². The minimum atomic E-state index is 0.571. The number of nitrogens with one attached hydrogen (secondary N) is 2. The highest BCUT2D eigenvalue weighted by atomic mass is 35.5. The number of methoxy groups -OCH3 is 1. The van der Waals surface area contributed by atoms with Crippen LogP contribution in [0, 0.1) is 5.92 Å². The number of aliphatic imine (C=N–C) groups is 1. The first-order valence-electron chi connectivity index (χ1n) is 9.15. The Morgan fingerprint density at radius 2 is 2.19 bits per heavy atom. The van der Waals surface area contributed by atoms with Crippen LogP contribution in [0.5, 0.6) is 5.75 Å². The van der Waals surface area contributed by atoms with Crippen molar-refractivity contribution in [1.29, 1.82) is 0 Å². The highest BCUT2D eigenvalue weighted by molar-refractivity contribution is 6.31. The van der Waals surface area contributed by atoms with Gasteiger partial charge in [0.15, 0.2) is 5.96 Å². The molecule has 0 aliphatic carbocycles. The monoisotopic (exact) mass is 383 g/mol. The molecule has 1 fully saturated rings. The zero-order chi connectivity index (χ0) is 18.6. The first-order valence-corrected chi connectivity index (χ1v) is 9.53. The van der Waals surface area contributed by atoms with Gasteiger partial charge in [-0.15, -0.1) is 0 Å². The highest BCUT2D eigenvalue weighted by Crippen LogP contribution is 2.22. The van der Waals surface area contributed by atoms with Gasteiger partial charge in [0, 0.05) is 44.3 Å². The number of ether oxygens (including phenoxy) is 3. The summed E-state index contributed by atoms with van der Waals surface area (Å²) in [5, 5.41) is 7.32. The first kappa shape index (κ1) is 20.8. The quantitative estimate of drug-likeness (QED) is 0.369. The van der Waals surface area contributed by atoms with Crippen molar-refractivity contribution in [1.82, 2.24) is 10.6 Å². The van der Waals surface area contributed by atoms with E-state index in [1.54, 1.807) is 14.2 Å². The number of guanidine groups is 1. The molecule has 0 aromatic heterocycles. The van der Waals surface area contributed by atoms with Crippen molar-refractivity contribution in [3.05, 3.63) is 28.8 Å². The first-order chi connectivity index (χ1) is 12.7. The lowest BCUT2D eigenvalue weighted by Gasteiger charge is -2.13. The summed E-state index contributed by atoms with van der Waals surface area (Å²) in [6, 6.07) is 5.75. The second-order valence-electron chi connectivity index (χ2n) is 6.29. The predicted molar refractivity (Wildman–Crippen MR) is 105 cm³/mol. The molecule has 1 heterocycles. The number of rotatable bonds is 10. The largest absolute Gasteiger partial charge is 0.497 e. The molecule has 1 aromatic carbocycles. The minimum absolute atomic E-state index is 0.571. The average molecular weight is 384 g/mol. The summed E-state index contributed by atoms with van der Waals surface area (Å²) in [6.45, 7) is 4.85. The fourth-order valence-electron chi connectivity index (χ4n) is 2.74. The van der Waals surface area contributed by atoms with Crippen molar-refractivity contribution in [2.24, 2.45) is 10.9 Å². The second kappa shape index (κ2) is 12.0. The molecule has 146 valence electrons. The third-order valence-corrected chi connectivity index (χ3v) is 4.66. The van der Waals surface area contributed by atoms with E-state index < -0.39 is 0 Å². The molecule has 1 aliphatic heterocycles. The van der Waals surface area contributed by atoms with Crippen LogP contribution >= 0.6 is 11.6 Å². The normalized spacial score (nSPS) is 17.3. The fraction of sp³-hybridized carbons (Fsp3) is 0.632. The molecule has 1 atom stereocenters. The molecule has 0 spiro atoms. The van der Waals surface area contributed by atoms with E-state index in [2.05, 4.69) is 15.6 Å². The van der Waals surface area contributed by atoms with Crippen LogP contribution in [0.15, 0.2) is 23.2 Å². The van der Waals surface area contributed by atoms with Gasteiger partial charge in [0.25, 0.3) is 0 Å². The molecule has 0 amide bonds. The van der Waals surface area contributed by atoms with Gasteiger partial charge in [-0.1, -0.05) is 17.7 Å². The number of benzene rings is 1. The van der Waals surface area contributed by atoms with Crippen molar-refractivity contribution in [3.63, 3.8) is 0 Å². The van der Waals surface area contributed by atoms with Crippen LogP contribution < -0.4 is 15.4 Å². The maximum Gasteiger partial charge on any atom is 0.190 e. The topological polar surface area (TPSA) is 64.1 Å². The van der Waals surface area contributed by atoms with Crippen molar-refractivity contribution in [2.75, 3.05) is 53.7 Å². The molecule has 1 aliphatic rings. The standard InChI is InChI=1S/C19H30ClN3O3/c1-21-19(22-8-3-10-25-13-15-7-11-26-14-15)23-9-6-16-4-5-17(24-2)12-18(16)20/h4-5,12,15H,3,6-11,13-14H2,1-2H3,(H2,21,22,23). The van der Waals surface area contributed by atoms with E-state index in [9.17, 15) is 0 Å². The summed E-state index contributed by atoms with van der Waals surface area (Å²) in [5.74, 6) is 2.13. The molecule has 1 aromatic rings. The number of nitrogens with zero attached hydrogens (tertiary/aromatic N) is 1. The van der Waals surface area contributed by atoms with E-state index in [4.69, 9.17) is 25.8 Å². The third-order valence-electron chi connectivity index (χ3n) is 4.31. The van der Waals surface area contributed by atoms with Crippen LogP contribution in [0.2, 0.25) is 5.02 Å². The Morgan fingerprint density at radius 3 is 2.88 bits per heavy atom. The Morgan fingerprint density at radius 1 is 1.35 bits per heavy atom. The van der Waals surface area contributed by atoms with Crippen LogP contribution in [0.3, 0.4) is 0 Å². The van der Waals surface area contributed by atoms with Gasteiger partial charge in [0.1, 0.15) is 5.75 Å². The molecule has 1 saturated heterocycles. The van der Waals surface area contributed by atoms with Crippen LogP contribution in [0.25, 0.3) is 0 Å². The fourth-order valence-corrected chi connectivity index (χ4v) is 3.00. The van der Waals surface area contributed by atoms with E-state index in [1.165, 1.54) is 0 Å².